The number of hydrogen-bond acceptors (Lipinski definition) is 5. The van der Waals surface area contributed by atoms with Gasteiger partial charge in [-0.2, -0.15) is 0 Å². The van der Waals surface area contributed by atoms with Gasteiger partial charge in [-0.05, 0) is 43.7 Å². The molecule has 1 atom stereocenters. The average Bonchev–Trinajstić information content (AvgIpc) is 2.83. The highest BCUT2D eigenvalue weighted by molar-refractivity contribution is 5.99. The van der Waals surface area contributed by atoms with Crippen molar-refractivity contribution in [2.75, 3.05) is 18.4 Å². The first-order chi connectivity index (χ1) is 13.5. The number of para-hydroxylation sites is 1. The number of carbonyl (C=O) groups excluding carboxylic acids is 1. The molecule has 8 heteroatoms. The largest absolute Gasteiger partial charge is 0.484 e. The molecule has 28 heavy (non-hydrogen) atoms. The van der Waals surface area contributed by atoms with Gasteiger partial charge in [0.15, 0.2) is 5.75 Å². The highest BCUT2D eigenvalue weighted by atomic mass is 16.5. The van der Waals surface area contributed by atoms with Crippen LogP contribution in [0.15, 0.2) is 42.7 Å². The van der Waals surface area contributed by atoms with Crippen LogP contribution >= 0.6 is 0 Å². The summed E-state index contributed by atoms with van der Waals surface area (Å²) in [4.78, 5) is 29.7. The van der Waals surface area contributed by atoms with Gasteiger partial charge in [0, 0.05) is 25.0 Å². The van der Waals surface area contributed by atoms with Gasteiger partial charge in [0.2, 0.25) is 0 Å². The van der Waals surface area contributed by atoms with Crippen LogP contribution in [0.3, 0.4) is 0 Å². The molecule has 0 radical (unpaired) electrons. The molecule has 0 saturated carbocycles. The SMILES string of the molecule is CC(C)N1CC(CNC(=O)O)Oc2c(NCc3ccncc3)cccc2C1=O. The number of fused-ring (bicyclic) bond motifs is 1. The van der Waals surface area contributed by atoms with Crippen molar-refractivity contribution in [1.29, 1.82) is 0 Å². The Bertz CT molecular complexity index is 841. The maximum absolute atomic E-state index is 13.1. The molecule has 1 aromatic carbocycles. The van der Waals surface area contributed by atoms with Gasteiger partial charge >= 0.3 is 6.09 Å². The molecule has 1 aliphatic heterocycles. The normalized spacial score (nSPS) is 16.2. The van der Waals surface area contributed by atoms with Crippen LogP contribution in [0.1, 0.15) is 29.8 Å². The van der Waals surface area contributed by atoms with Crippen molar-refractivity contribution in [3.8, 4) is 5.75 Å². The molecule has 0 bridgehead atoms. The molecule has 2 aromatic rings. The van der Waals surface area contributed by atoms with Crippen molar-refractivity contribution in [3.63, 3.8) is 0 Å². The topological polar surface area (TPSA) is 104 Å². The van der Waals surface area contributed by atoms with E-state index in [0.717, 1.165) is 5.56 Å². The van der Waals surface area contributed by atoms with Crippen LogP contribution in [0.5, 0.6) is 5.75 Å². The lowest BCUT2D eigenvalue weighted by Gasteiger charge is -2.27. The highest BCUT2D eigenvalue weighted by Gasteiger charge is 2.32. The second-order valence-corrected chi connectivity index (χ2v) is 6.87. The first-order valence-corrected chi connectivity index (χ1v) is 9.16. The number of aromatic nitrogens is 1. The average molecular weight is 384 g/mol. The Morgan fingerprint density at radius 1 is 1.32 bits per heavy atom. The number of benzene rings is 1. The monoisotopic (exact) mass is 384 g/mol. The molecule has 1 aliphatic rings. The number of amides is 2. The Balaban J connectivity index is 1.89. The third-order valence-corrected chi connectivity index (χ3v) is 4.53. The zero-order chi connectivity index (χ0) is 20.1. The standard InChI is InChI=1S/C20H24N4O4/c1-13(2)24-12-15(11-23-20(26)27)28-18-16(19(24)25)4-3-5-17(18)22-10-14-6-8-21-9-7-14/h3-9,13,15,22-23H,10-12H2,1-2H3,(H,26,27). The van der Waals surface area contributed by atoms with E-state index in [2.05, 4.69) is 15.6 Å². The van der Waals surface area contributed by atoms with E-state index in [4.69, 9.17) is 9.84 Å². The Kier molecular flexibility index (Phi) is 5.98. The molecule has 0 spiro atoms. The lowest BCUT2D eigenvalue weighted by Crippen LogP contribution is -2.45. The maximum atomic E-state index is 13.1. The van der Waals surface area contributed by atoms with Gasteiger partial charge in [0.1, 0.15) is 6.10 Å². The molecule has 0 saturated heterocycles. The number of hydrogen-bond donors (Lipinski definition) is 3. The molecular formula is C20H24N4O4. The molecule has 1 aromatic heterocycles. The number of anilines is 1. The minimum atomic E-state index is -1.13. The summed E-state index contributed by atoms with van der Waals surface area (Å²) in [6.45, 7) is 4.79. The first-order valence-electron chi connectivity index (χ1n) is 9.16. The van der Waals surface area contributed by atoms with E-state index in [1.54, 1.807) is 23.4 Å². The van der Waals surface area contributed by atoms with Crippen molar-refractivity contribution in [3.05, 3.63) is 53.9 Å². The smallest absolute Gasteiger partial charge is 0.404 e. The predicted molar refractivity (Wildman–Crippen MR) is 105 cm³/mol. The molecule has 0 fully saturated rings. The molecule has 2 amide bonds. The Hall–Kier alpha value is -3.29. The van der Waals surface area contributed by atoms with Crippen LogP contribution in [-0.2, 0) is 6.54 Å². The van der Waals surface area contributed by atoms with Crippen molar-refractivity contribution in [2.24, 2.45) is 0 Å². The first kappa shape index (κ1) is 19.5. The molecule has 2 heterocycles. The number of ether oxygens (including phenoxy) is 1. The van der Waals surface area contributed by atoms with Crippen molar-refractivity contribution in [1.82, 2.24) is 15.2 Å². The summed E-state index contributed by atoms with van der Waals surface area (Å²) in [6.07, 6.45) is 1.82. The van der Waals surface area contributed by atoms with Crippen LogP contribution in [-0.4, -0.2) is 52.2 Å². The van der Waals surface area contributed by atoms with Crippen LogP contribution in [0, 0.1) is 0 Å². The zero-order valence-electron chi connectivity index (χ0n) is 15.9. The second-order valence-electron chi connectivity index (χ2n) is 6.87. The van der Waals surface area contributed by atoms with E-state index in [0.29, 0.717) is 30.1 Å². The van der Waals surface area contributed by atoms with E-state index < -0.39 is 12.2 Å². The van der Waals surface area contributed by atoms with Crippen molar-refractivity contribution >= 4 is 17.7 Å². The van der Waals surface area contributed by atoms with Crippen LogP contribution in [0.25, 0.3) is 0 Å². The molecule has 3 N–H and O–H groups in total. The van der Waals surface area contributed by atoms with Gasteiger partial charge in [-0.25, -0.2) is 4.79 Å². The van der Waals surface area contributed by atoms with Crippen molar-refractivity contribution < 1.29 is 19.4 Å². The van der Waals surface area contributed by atoms with Gasteiger partial charge in [-0.3, -0.25) is 9.78 Å². The Morgan fingerprint density at radius 3 is 2.75 bits per heavy atom. The van der Waals surface area contributed by atoms with E-state index in [1.807, 2.05) is 38.1 Å². The predicted octanol–water partition coefficient (Wildman–Crippen LogP) is 2.57. The van der Waals surface area contributed by atoms with Crippen LogP contribution < -0.4 is 15.4 Å². The fraction of sp³-hybridized carbons (Fsp3) is 0.350. The molecule has 3 rings (SSSR count). The Morgan fingerprint density at radius 2 is 2.07 bits per heavy atom. The van der Waals surface area contributed by atoms with Crippen LogP contribution in [0.4, 0.5) is 10.5 Å². The van der Waals surface area contributed by atoms with E-state index in [1.165, 1.54) is 0 Å². The summed E-state index contributed by atoms with van der Waals surface area (Å²) >= 11 is 0. The number of carbonyl (C=O) groups is 2. The molecule has 0 aliphatic carbocycles. The van der Waals surface area contributed by atoms with Gasteiger partial charge in [0.25, 0.3) is 5.91 Å². The van der Waals surface area contributed by atoms with E-state index >= 15 is 0 Å². The summed E-state index contributed by atoms with van der Waals surface area (Å²) in [7, 11) is 0. The number of carboxylic acid groups (broad SMARTS) is 1. The summed E-state index contributed by atoms with van der Waals surface area (Å²) in [5.74, 6) is 0.317. The molecule has 8 nitrogen and oxygen atoms in total. The summed E-state index contributed by atoms with van der Waals surface area (Å²) in [5.41, 5.74) is 2.19. The summed E-state index contributed by atoms with van der Waals surface area (Å²) in [5, 5.41) is 14.6. The third-order valence-electron chi connectivity index (χ3n) is 4.53. The lowest BCUT2D eigenvalue weighted by molar-refractivity contribution is 0.0648. The highest BCUT2D eigenvalue weighted by Crippen LogP contribution is 2.34. The zero-order valence-corrected chi connectivity index (χ0v) is 15.9. The minimum absolute atomic E-state index is 0.0391. The molecule has 1 unspecified atom stereocenters. The number of pyridine rings is 1. The molecule has 148 valence electrons. The van der Waals surface area contributed by atoms with E-state index in [-0.39, 0.29) is 18.5 Å². The van der Waals surface area contributed by atoms with Gasteiger partial charge in [-0.15, -0.1) is 0 Å². The van der Waals surface area contributed by atoms with Gasteiger partial charge in [-0.1, -0.05) is 6.07 Å². The quantitative estimate of drug-likeness (QED) is 0.707. The van der Waals surface area contributed by atoms with Crippen molar-refractivity contribution in [2.45, 2.75) is 32.5 Å². The fourth-order valence-electron chi connectivity index (χ4n) is 3.08. The van der Waals surface area contributed by atoms with Gasteiger partial charge < -0.3 is 25.4 Å². The fourth-order valence-corrected chi connectivity index (χ4v) is 3.08. The molecular weight excluding hydrogens is 360 g/mol. The van der Waals surface area contributed by atoms with Gasteiger partial charge in [0.05, 0.1) is 24.3 Å². The minimum Gasteiger partial charge on any atom is -0.484 e. The summed E-state index contributed by atoms with van der Waals surface area (Å²) < 4.78 is 6.11. The number of nitrogens with one attached hydrogen (secondary N) is 2. The number of nitrogens with zero attached hydrogens (tertiary/aromatic N) is 2. The summed E-state index contributed by atoms with van der Waals surface area (Å²) in [6, 6.07) is 9.16. The lowest BCUT2D eigenvalue weighted by atomic mass is 10.1. The number of rotatable bonds is 6. The second kappa shape index (κ2) is 8.60. The third kappa shape index (κ3) is 4.51. The maximum Gasteiger partial charge on any atom is 0.404 e. The van der Waals surface area contributed by atoms with E-state index in [9.17, 15) is 9.59 Å². The van der Waals surface area contributed by atoms with Crippen LogP contribution in [0.2, 0.25) is 0 Å². The Labute approximate surface area is 163 Å².